The fourth-order valence-electron chi connectivity index (χ4n) is 1.88. The van der Waals surface area contributed by atoms with Crippen LogP contribution < -0.4 is 14.8 Å². The summed E-state index contributed by atoms with van der Waals surface area (Å²) in [5.74, 6) is 1.63. The van der Waals surface area contributed by atoms with Gasteiger partial charge in [0.25, 0.3) is 5.91 Å². The third-order valence-corrected chi connectivity index (χ3v) is 2.85. The van der Waals surface area contributed by atoms with E-state index < -0.39 is 0 Å². The van der Waals surface area contributed by atoms with Gasteiger partial charge in [-0.25, -0.2) is 0 Å². The maximum absolute atomic E-state index is 12.3. The van der Waals surface area contributed by atoms with Crippen LogP contribution in [0, 0.1) is 6.92 Å². The van der Waals surface area contributed by atoms with E-state index in [9.17, 15) is 4.79 Å². The summed E-state index contributed by atoms with van der Waals surface area (Å²) in [4.78, 5) is 12.3. The molecule has 7 heteroatoms. The highest BCUT2D eigenvalue weighted by atomic mass is 16.5. The third kappa shape index (κ3) is 3.50. The van der Waals surface area contributed by atoms with E-state index in [1.54, 1.807) is 25.1 Å². The van der Waals surface area contributed by atoms with E-state index >= 15 is 0 Å². The molecule has 0 unspecified atom stereocenters. The van der Waals surface area contributed by atoms with Gasteiger partial charge in [-0.3, -0.25) is 4.79 Å². The van der Waals surface area contributed by atoms with Gasteiger partial charge in [0, 0.05) is 19.9 Å². The van der Waals surface area contributed by atoms with Gasteiger partial charge in [0.05, 0.1) is 14.2 Å². The van der Waals surface area contributed by atoms with Crippen LogP contribution in [0.15, 0.2) is 22.6 Å². The minimum atomic E-state index is -0.277. The number of ether oxygens (including phenoxy) is 2. The molecule has 0 atom stereocenters. The molecule has 0 bridgehead atoms. The van der Waals surface area contributed by atoms with Crippen molar-refractivity contribution in [3.05, 3.63) is 35.5 Å². The Labute approximate surface area is 122 Å². The number of methoxy groups -OCH3 is 2. The van der Waals surface area contributed by atoms with Crippen LogP contribution in [0.4, 0.5) is 0 Å². The van der Waals surface area contributed by atoms with Crippen LogP contribution >= 0.6 is 0 Å². The molecule has 0 fully saturated rings. The summed E-state index contributed by atoms with van der Waals surface area (Å²) in [6.07, 6.45) is 0.462. The van der Waals surface area contributed by atoms with Crippen molar-refractivity contribution in [3.8, 4) is 11.5 Å². The summed E-state index contributed by atoms with van der Waals surface area (Å²) in [7, 11) is 3.01. The Bertz CT molecular complexity index is 602. The van der Waals surface area contributed by atoms with E-state index in [1.165, 1.54) is 14.2 Å². The van der Waals surface area contributed by atoms with Crippen molar-refractivity contribution in [1.29, 1.82) is 0 Å². The molecule has 0 aliphatic carbocycles. The SMILES string of the molecule is COc1cccc(OC)c1C(=O)NCCc1nnc(C)o1. The lowest BCUT2D eigenvalue weighted by Crippen LogP contribution is -2.26. The van der Waals surface area contributed by atoms with Crippen LogP contribution in [0.3, 0.4) is 0 Å². The smallest absolute Gasteiger partial charge is 0.258 e. The first kappa shape index (κ1) is 14.8. The fourth-order valence-corrected chi connectivity index (χ4v) is 1.88. The highest BCUT2D eigenvalue weighted by Crippen LogP contribution is 2.27. The lowest BCUT2D eigenvalue weighted by molar-refractivity contribution is 0.0947. The first-order valence-electron chi connectivity index (χ1n) is 6.44. The number of benzene rings is 1. The number of nitrogens with zero attached hydrogens (tertiary/aromatic N) is 2. The zero-order valence-electron chi connectivity index (χ0n) is 12.2. The van der Waals surface area contributed by atoms with Crippen molar-refractivity contribution in [3.63, 3.8) is 0 Å². The number of carbonyl (C=O) groups is 1. The number of hydrogen-bond acceptors (Lipinski definition) is 6. The van der Waals surface area contributed by atoms with Gasteiger partial charge in [-0.15, -0.1) is 10.2 Å². The molecule has 1 heterocycles. The van der Waals surface area contributed by atoms with E-state index in [2.05, 4.69) is 15.5 Å². The maximum atomic E-state index is 12.3. The summed E-state index contributed by atoms with van der Waals surface area (Å²) < 4.78 is 15.6. The van der Waals surface area contributed by atoms with Gasteiger partial charge < -0.3 is 19.2 Å². The predicted octanol–water partition coefficient (Wildman–Crippen LogP) is 1.37. The molecule has 0 saturated heterocycles. The molecule has 112 valence electrons. The fraction of sp³-hybridized carbons (Fsp3) is 0.357. The second-order valence-corrected chi connectivity index (χ2v) is 4.26. The lowest BCUT2D eigenvalue weighted by Gasteiger charge is -2.12. The number of hydrogen-bond donors (Lipinski definition) is 1. The number of amides is 1. The molecule has 0 saturated carbocycles. The van der Waals surface area contributed by atoms with E-state index in [0.29, 0.717) is 41.8 Å². The van der Waals surface area contributed by atoms with Crippen LogP contribution in [0.2, 0.25) is 0 Å². The van der Waals surface area contributed by atoms with Gasteiger partial charge in [-0.2, -0.15) is 0 Å². The van der Waals surface area contributed by atoms with Crippen molar-refractivity contribution < 1.29 is 18.7 Å². The summed E-state index contributed by atoms with van der Waals surface area (Å²) in [5, 5.41) is 10.4. The van der Waals surface area contributed by atoms with Crippen LogP contribution in [0.25, 0.3) is 0 Å². The van der Waals surface area contributed by atoms with E-state index in [-0.39, 0.29) is 5.91 Å². The second-order valence-electron chi connectivity index (χ2n) is 4.26. The third-order valence-electron chi connectivity index (χ3n) is 2.85. The quantitative estimate of drug-likeness (QED) is 0.865. The summed E-state index contributed by atoms with van der Waals surface area (Å²) in [6, 6.07) is 5.17. The minimum Gasteiger partial charge on any atom is -0.496 e. The topological polar surface area (TPSA) is 86.5 Å². The Balaban J connectivity index is 2.03. The number of aryl methyl sites for hydroxylation is 1. The van der Waals surface area contributed by atoms with Crippen molar-refractivity contribution in [1.82, 2.24) is 15.5 Å². The average Bonchev–Trinajstić information content (AvgIpc) is 2.91. The molecule has 1 aromatic heterocycles. The Morgan fingerprint density at radius 2 is 1.90 bits per heavy atom. The summed E-state index contributed by atoms with van der Waals surface area (Å²) in [5.41, 5.74) is 0.365. The molecule has 1 amide bonds. The van der Waals surface area contributed by atoms with Crippen molar-refractivity contribution in [2.24, 2.45) is 0 Å². The van der Waals surface area contributed by atoms with Gasteiger partial charge in [0.2, 0.25) is 11.8 Å². The van der Waals surface area contributed by atoms with Gasteiger partial charge in [-0.1, -0.05) is 6.07 Å². The molecule has 1 aromatic carbocycles. The number of aromatic nitrogens is 2. The van der Waals surface area contributed by atoms with Crippen molar-refractivity contribution in [2.45, 2.75) is 13.3 Å². The number of rotatable bonds is 6. The summed E-state index contributed by atoms with van der Waals surface area (Å²) in [6.45, 7) is 2.09. The van der Waals surface area contributed by atoms with Gasteiger partial charge in [0.1, 0.15) is 17.1 Å². The number of nitrogens with one attached hydrogen (secondary N) is 1. The van der Waals surface area contributed by atoms with E-state index in [4.69, 9.17) is 13.9 Å². The van der Waals surface area contributed by atoms with Gasteiger partial charge >= 0.3 is 0 Å². The molecule has 2 aromatic rings. The largest absolute Gasteiger partial charge is 0.496 e. The Morgan fingerprint density at radius 3 is 2.43 bits per heavy atom. The molecule has 7 nitrogen and oxygen atoms in total. The highest BCUT2D eigenvalue weighted by Gasteiger charge is 2.17. The Morgan fingerprint density at radius 1 is 1.24 bits per heavy atom. The molecule has 1 N–H and O–H groups in total. The molecule has 2 rings (SSSR count). The standard InChI is InChI=1S/C14H17N3O4/c1-9-16-17-12(21-9)7-8-15-14(18)13-10(19-2)5-4-6-11(13)20-3/h4-6H,7-8H2,1-3H3,(H,15,18). The zero-order valence-corrected chi connectivity index (χ0v) is 12.2. The van der Waals surface area contributed by atoms with Crippen LogP contribution in [0.1, 0.15) is 22.1 Å². The monoisotopic (exact) mass is 291 g/mol. The maximum Gasteiger partial charge on any atom is 0.258 e. The van der Waals surface area contributed by atoms with Gasteiger partial charge in [-0.05, 0) is 12.1 Å². The van der Waals surface area contributed by atoms with E-state index in [0.717, 1.165) is 0 Å². The Kier molecular flexibility index (Phi) is 4.76. The zero-order chi connectivity index (χ0) is 15.2. The van der Waals surface area contributed by atoms with Crippen LogP contribution in [-0.2, 0) is 6.42 Å². The van der Waals surface area contributed by atoms with Crippen molar-refractivity contribution >= 4 is 5.91 Å². The minimum absolute atomic E-state index is 0.277. The molecule has 0 spiro atoms. The molecule has 0 radical (unpaired) electrons. The predicted molar refractivity (Wildman–Crippen MR) is 74.6 cm³/mol. The normalized spacial score (nSPS) is 10.2. The Hall–Kier alpha value is -2.57. The first-order valence-corrected chi connectivity index (χ1v) is 6.44. The number of carbonyl (C=O) groups excluding carboxylic acids is 1. The van der Waals surface area contributed by atoms with Crippen molar-refractivity contribution in [2.75, 3.05) is 20.8 Å². The molecule has 0 aliphatic rings. The highest BCUT2D eigenvalue weighted by molar-refractivity contribution is 5.99. The molecular weight excluding hydrogens is 274 g/mol. The molecule has 21 heavy (non-hydrogen) atoms. The lowest BCUT2D eigenvalue weighted by atomic mass is 10.1. The van der Waals surface area contributed by atoms with Crippen LogP contribution in [0.5, 0.6) is 11.5 Å². The average molecular weight is 291 g/mol. The molecular formula is C14H17N3O4. The van der Waals surface area contributed by atoms with Gasteiger partial charge in [0.15, 0.2) is 0 Å². The van der Waals surface area contributed by atoms with E-state index in [1.807, 2.05) is 0 Å². The second kappa shape index (κ2) is 6.74. The first-order chi connectivity index (χ1) is 10.2. The summed E-state index contributed by atoms with van der Waals surface area (Å²) >= 11 is 0. The molecule has 0 aliphatic heterocycles. The van der Waals surface area contributed by atoms with Crippen LogP contribution in [-0.4, -0.2) is 36.9 Å².